The first kappa shape index (κ1) is 62.3. The Bertz CT molecular complexity index is 2870. The molecule has 3 fully saturated rings. The molecule has 3 aliphatic rings. The number of phenols is 1. The maximum atomic E-state index is 14.5. The fourth-order valence-corrected chi connectivity index (χ4v) is 10.6. The van der Waals surface area contributed by atoms with Gasteiger partial charge in [-0.15, -0.1) is 0 Å². The van der Waals surface area contributed by atoms with E-state index in [9.17, 15) is 79.5 Å². The number of benzene rings is 4. The van der Waals surface area contributed by atoms with E-state index in [0.29, 0.717) is 0 Å². The number of unbranched alkanes of at least 4 members (excludes halogenated alkanes) is 3. The van der Waals surface area contributed by atoms with Crippen molar-refractivity contribution in [1.29, 1.82) is 0 Å². The number of fused-ring (bicyclic) bond motifs is 2. The number of aryl methyl sites for hydroxylation is 1. The molecular weight excluding hydrogens is 1060 g/mol. The summed E-state index contributed by atoms with van der Waals surface area (Å²) in [6, 6.07) is 15.7. The van der Waals surface area contributed by atoms with Gasteiger partial charge in [0.1, 0.15) is 60.3 Å². The number of carbonyl (C=O) groups excluding carboxylic acids is 7. The van der Waals surface area contributed by atoms with Crippen LogP contribution in [0.25, 0.3) is 22.3 Å². The molecule has 3 saturated heterocycles. The number of phenolic OH excluding ortho intramolecular Hbond substituents is 1. The highest BCUT2D eigenvalue weighted by Gasteiger charge is 2.50. The quantitative estimate of drug-likeness (QED) is 0.0716. The number of hydrogen-bond acceptors (Lipinski definition) is 16. The number of aromatic hydroxyl groups is 1. The standard InChI is InChI=1S/C59H75N7O16/c1-5-6-7-8-9-33-10-12-34(13-11-33)35-14-16-36(17-15-35)37-18-20-39(21-19-37)52(75)60-42-27-44(71)55(78)64-57(80)48-49(72)30(2)28-66(48)59(82)46(32(4)68)62-56(79)47(51(74)50(73)38-22-24-40(69)25-23-38)63-54(77)43-26-41(70)29-65(43)58(81)45(31(3)67)61-53(42)76/h10-25,30-32,41-51,55,67-74,78H,5-9,26-29H2,1-4H3,(H,60,75)(H,61,76)(H,62,79)(H,63,77)(H,64,80)/t30-,31+,32+,41+,42?,43?,44+,45?,46?,47?,48?,49-,50-,51-,55+/m0/s1. The second-order valence-corrected chi connectivity index (χ2v) is 21.7. The van der Waals surface area contributed by atoms with Gasteiger partial charge in [0.25, 0.3) is 5.91 Å². The molecule has 0 aliphatic carbocycles. The van der Waals surface area contributed by atoms with Crippen LogP contribution >= 0.6 is 0 Å². The Balaban J connectivity index is 1.18. The van der Waals surface area contributed by atoms with Gasteiger partial charge < -0.3 is 82.3 Å². The number of aliphatic hydroxyl groups excluding tert-OH is 8. The average Bonchev–Trinajstić information content (AvgIpc) is 4.06. The van der Waals surface area contributed by atoms with Crippen LogP contribution in [0.5, 0.6) is 5.75 Å². The van der Waals surface area contributed by atoms with Gasteiger partial charge >= 0.3 is 0 Å². The number of nitrogens with one attached hydrogen (secondary N) is 5. The second-order valence-electron chi connectivity index (χ2n) is 21.7. The van der Waals surface area contributed by atoms with E-state index in [0.717, 1.165) is 70.9 Å². The largest absolute Gasteiger partial charge is 0.508 e. The Hall–Kier alpha value is -7.35. The van der Waals surface area contributed by atoms with Gasteiger partial charge in [-0.1, -0.05) is 106 Å². The van der Waals surface area contributed by atoms with Gasteiger partial charge in [-0.3, -0.25) is 33.6 Å². The fraction of sp³-hybridized carbons (Fsp3) is 0.475. The number of nitrogens with zero attached hydrogens (tertiary/aromatic N) is 2. The van der Waals surface area contributed by atoms with Crippen molar-refractivity contribution in [1.82, 2.24) is 36.4 Å². The van der Waals surface area contributed by atoms with Crippen molar-refractivity contribution in [2.45, 2.75) is 158 Å². The van der Waals surface area contributed by atoms with Gasteiger partial charge in [-0.2, -0.15) is 0 Å². The molecule has 23 heteroatoms. The summed E-state index contributed by atoms with van der Waals surface area (Å²) < 4.78 is 0. The molecule has 6 unspecified atom stereocenters. The summed E-state index contributed by atoms with van der Waals surface area (Å²) in [5.41, 5.74) is 4.85. The SMILES string of the molecule is CCCCCCc1ccc(-c2ccc(-c3ccc(C(=O)NC4C[C@@H](O)[C@@H](O)NC(=O)C5[C@@H](O)[C@@H](C)CN5C(=O)C([C@@H](C)O)NC(=O)C([C@H](O)[C@@H](O)c5ccc(O)cc5)NC(=O)C5C[C@@H](O)CN5C(=O)C([C@@H](C)O)NC4=O)cc3)cc2)cc1. The van der Waals surface area contributed by atoms with E-state index in [4.69, 9.17) is 0 Å². The molecule has 442 valence electrons. The molecular formula is C59H75N7O16. The minimum absolute atomic E-state index is 0.0216. The molecule has 0 saturated carbocycles. The summed E-state index contributed by atoms with van der Waals surface area (Å²) in [7, 11) is 0. The van der Waals surface area contributed by atoms with Crippen molar-refractivity contribution in [3.05, 3.63) is 114 Å². The predicted molar refractivity (Wildman–Crippen MR) is 296 cm³/mol. The smallest absolute Gasteiger partial charge is 0.251 e. The molecule has 82 heavy (non-hydrogen) atoms. The maximum Gasteiger partial charge on any atom is 0.251 e. The molecule has 0 spiro atoms. The highest BCUT2D eigenvalue weighted by molar-refractivity contribution is 6.00. The molecule has 4 aromatic carbocycles. The molecule has 0 bridgehead atoms. The molecule has 4 aromatic rings. The molecule has 3 heterocycles. The van der Waals surface area contributed by atoms with E-state index in [-0.39, 0.29) is 23.4 Å². The van der Waals surface area contributed by atoms with Gasteiger partial charge in [0.05, 0.1) is 24.4 Å². The molecule has 7 amide bonds. The second kappa shape index (κ2) is 27.6. The van der Waals surface area contributed by atoms with Crippen molar-refractivity contribution < 1.29 is 79.5 Å². The first-order chi connectivity index (χ1) is 39.0. The average molecular weight is 1140 g/mol. The zero-order valence-electron chi connectivity index (χ0n) is 46.0. The molecule has 23 nitrogen and oxygen atoms in total. The summed E-state index contributed by atoms with van der Waals surface area (Å²) in [6.07, 6.45) is -11.0. The summed E-state index contributed by atoms with van der Waals surface area (Å²) >= 11 is 0. The summed E-state index contributed by atoms with van der Waals surface area (Å²) in [4.78, 5) is 102. The van der Waals surface area contributed by atoms with Gasteiger partial charge in [-0.05, 0) is 84.3 Å². The van der Waals surface area contributed by atoms with Crippen molar-refractivity contribution in [2.75, 3.05) is 13.1 Å². The van der Waals surface area contributed by atoms with Crippen LogP contribution in [0.15, 0.2) is 97.1 Å². The Morgan fingerprint density at radius 2 is 1.13 bits per heavy atom. The fourth-order valence-electron chi connectivity index (χ4n) is 10.6. The van der Waals surface area contributed by atoms with E-state index in [1.165, 1.54) is 56.0 Å². The number of rotatable bonds is 14. The Kier molecular flexibility index (Phi) is 21.0. The van der Waals surface area contributed by atoms with Crippen LogP contribution in [0.2, 0.25) is 0 Å². The van der Waals surface area contributed by atoms with Crippen molar-refractivity contribution in [3.63, 3.8) is 0 Å². The lowest BCUT2D eigenvalue weighted by atomic mass is 9.96. The van der Waals surface area contributed by atoms with Crippen molar-refractivity contribution in [2.24, 2.45) is 5.92 Å². The summed E-state index contributed by atoms with van der Waals surface area (Å²) in [6.45, 7) is 4.90. The minimum Gasteiger partial charge on any atom is -0.508 e. The number of amides is 7. The van der Waals surface area contributed by atoms with E-state index < -0.39 is 152 Å². The third-order valence-electron chi connectivity index (χ3n) is 15.4. The topological polar surface area (TPSA) is 368 Å². The molecule has 14 N–H and O–H groups in total. The lowest BCUT2D eigenvalue weighted by molar-refractivity contribution is -0.148. The van der Waals surface area contributed by atoms with Crippen LogP contribution in [0.1, 0.15) is 93.8 Å². The van der Waals surface area contributed by atoms with Crippen LogP contribution in [0.3, 0.4) is 0 Å². The maximum absolute atomic E-state index is 14.5. The van der Waals surface area contributed by atoms with Gasteiger partial charge in [-0.25, -0.2) is 0 Å². The highest BCUT2D eigenvalue weighted by Crippen LogP contribution is 2.29. The number of hydrogen-bond donors (Lipinski definition) is 14. The molecule has 0 aromatic heterocycles. The van der Waals surface area contributed by atoms with Crippen LogP contribution in [0.4, 0.5) is 0 Å². The predicted octanol–water partition coefficient (Wildman–Crippen LogP) is -0.373. The Morgan fingerprint density at radius 1 is 0.610 bits per heavy atom. The third kappa shape index (κ3) is 14.8. The monoisotopic (exact) mass is 1140 g/mol. The van der Waals surface area contributed by atoms with E-state index in [1.807, 2.05) is 24.3 Å². The lowest BCUT2D eigenvalue weighted by Gasteiger charge is -2.34. The summed E-state index contributed by atoms with van der Waals surface area (Å²) in [5.74, 6) is -9.41. The van der Waals surface area contributed by atoms with E-state index in [1.54, 1.807) is 12.1 Å². The van der Waals surface area contributed by atoms with E-state index in [2.05, 4.69) is 57.8 Å². The Labute approximate surface area is 474 Å². The van der Waals surface area contributed by atoms with Crippen LogP contribution in [-0.2, 0) is 35.2 Å². The van der Waals surface area contributed by atoms with Crippen LogP contribution in [-0.4, -0.2) is 189 Å². The normalized spacial score (nSPS) is 27.6. The first-order valence-corrected chi connectivity index (χ1v) is 27.6. The van der Waals surface area contributed by atoms with Gasteiger partial charge in [0.2, 0.25) is 35.4 Å². The summed E-state index contributed by atoms with van der Waals surface area (Å²) in [5, 5.41) is 111. The van der Waals surface area contributed by atoms with Crippen molar-refractivity contribution >= 4 is 41.4 Å². The lowest BCUT2D eigenvalue weighted by Crippen LogP contribution is -2.64. The van der Waals surface area contributed by atoms with Gasteiger partial charge in [0.15, 0.2) is 6.23 Å². The zero-order valence-corrected chi connectivity index (χ0v) is 46.0. The Morgan fingerprint density at radius 3 is 1.70 bits per heavy atom. The van der Waals surface area contributed by atoms with Crippen LogP contribution < -0.4 is 26.6 Å². The number of carbonyl (C=O) groups is 7. The molecule has 3 aliphatic heterocycles. The van der Waals surface area contributed by atoms with E-state index >= 15 is 0 Å². The van der Waals surface area contributed by atoms with Gasteiger partial charge in [0, 0.05) is 37.4 Å². The minimum atomic E-state index is -2.29. The van der Waals surface area contributed by atoms with Crippen molar-refractivity contribution in [3.8, 4) is 28.0 Å². The highest BCUT2D eigenvalue weighted by atomic mass is 16.3. The zero-order chi connectivity index (χ0) is 59.7. The first-order valence-electron chi connectivity index (χ1n) is 27.6. The van der Waals surface area contributed by atoms with Crippen LogP contribution in [0, 0.1) is 5.92 Å². The molecule has 15 atom stereocenters. The third-order valence-corrected chi connectivity index (χ3v) is 15.4. The molecule has 7 rings (SSSR count). The molecule has 0 radical (unpaired) electrons. The number of aliphatic hydroxyl groups is 8.